The maximum atomic E-state index is 12.7. The highest BCUT2D eigenvalue weighted by atomic mass is 16.3. The predicted octanol–water partition coefficient (Wildman–Crippen LogP) is 3.83. The van der Waals surface area contributed by atoms with Crippen LogP contribution in [0.3, 0.4) is 0 Å². The van der Waals surface area contributed by atoms with Gasteiger partial charge in [0.1, 0.15) is 0 Å². The van der Waals surface area contributed by atoms with Gasteiger partial charge in [-0.2, -0.15) is 0 Å². The summed E-state index contributed by atoms with van der Waals surface area (Å²) in [5.41, 5.74) is 1.92. The average Bonchev–Trinajstić information content (AvgIpc) is 3.23. The van der Waals surface area contributed by atoms with Crippen LogP contribution < -0.4 is 10.6 Å². The van der Waals surface area contributed by atoms with Gasteiger partial charge in [-0.15, -0.1) is 0 Å². The van der Waals surface area contributed by atoms with Gasteiger partial charge in [-0.1, -0.05) is 12.5 Å². The summed E-state index contributed by atoms with van der Waals surface area (Å²) in [6.45, 7) is 8.96. The lowest BCUT2D eigenvalue weighted by atomic mass is 9.98. The van der Waals surface area contributed by atoms with E-state index in [2.05, 4.69) is 29.4 Å². The average molecular weight is 383 g/mol. The summed E-state index contributed by atoms with van der Waals surface area (Å²) in [4.78, 5) is 27.4. The molecule has 2 aromatic rings. The number of amides is 2. The van der Waals surface area contributed by atoms with Gasteiger partial charge in [0.15, 0.2) is 5.76 Å². The summed E-state index contributed by atoms with van der Waals surface area (Å²) in [6, 6.07) is 8.59. The van der Waals surface area contributed by atoms with E-state index in [0.717, 1.165) is 18.7 Å². The Bertz CT molecular complexity index is 822. The summed E-state index contributed by atoms with van der Waals surface area (Å²) in [6.07, 6.45) is 5.17. The largest absolute Gasteiger partial charge is 0.459 e. The smallest absolute Gasteiger partial charge is 0.291 e. The molecule has 0 saturated carbocycles. The minimum atomic E-state index is -0.336. The highest BCUT2D eigenvalue weighted by molar-refractivity contribution is 6.03. The molecule has 0 spiro atoms. The fraction of sp³-hybridized carbons (Fsp3) is 0.455. The van der Waals surface area contributed by atoms with Crippen molar-refractivity contribution in [2.24, 2.45) is 0 Å². The van der Waals surface area contributed by atoms with Crippen LogP contribution in [-0.4, -0.2) is 41.9 Å². The molecule has 3 rings (SSSR count). The first-order chi connectivity index (χ1) is 13.4. The third kappa shape index (κ3) is 4.81. The van der Waals surface area contributed by atoms with Crippen LogP contribution in [0.15, 0.2) is 41.0 Å². The van der Waals surface area contributed by atoms with E-state index in [0.29, 0.717) is 17.8 Å². The molecule has 1 saturated heterocycles. The van der Waals surface area contributed by atoms with Crippen molar-refractivity contribution in [3.8, 4) is 0 Å². The van der Waals surface area contributed by atoms with E-state index in [-0.39, 0.29) is 23.1 Å². The SMILES string of the molecule is Cc1ccc(C(=O)NCC(C)(C)N2CCCCC2)cc1NC(=O)c1ccco1. The molecule has 0 atom stereocenters. The summed E-state index contributed by atoms with van der Waals surface area (Å²) < 4.78 is 5.12. The number of anilines is 1. The van der Waals surface area contributed by atoms with E-state index in [1.165, 1.54) is 25.5 Å². The van der Waals surface area contributed by atoms with E-state index in [9.17, 15) is 9.59 Å². The first-order valence-electron chi connectivity index (χ1n) is 9.85. The number of rotatable bonds is 6. The molecular weight excluding hydrogens is 354 g/mol. The van der Waals surface area contributed by atoms with Gasteiger partial charge in [0.05, 0.1) is 6.26 Å². The van der Waals surface area contributed by atoms with Crippen molar-refractivity contribution in [1.82, 2.24) is 10.2 Å². The van der Waals surface area contributed by atoms with Gasteiger partial charge < -0.3 is 15.1 Å². The second-order valence-electron chi connectivity index (χ2n) is 8.00. The van der Waals surface area contributed by atoms with E-state index in [1.807, 2.05) is 13.0 Å². The second-order valence-corrected chi connectivity index (χ2v) is 8.00. The van der Waals surface area contributed by atoms with Crippen LogP contribution in [0.4, 0.5) is 5.69 Å². The molecule has 6 nitrogen and oxygen atoms in total. The normalized spacial score (nSPS) is 15.2. The molecule has 1 aromatic carbocycles. The van der Waals surface area contributed by atoms with Crippen LogP contribution in [0.25, 0.3) is 0 Å². The fourth-order valence-corrected chi connectivity index (χ4v) is 3.50. The van der Waals surface area contributed by atoms with Crippen LogP contribution >= 0.6 is 0 Å². The molecule has 1 aliphatic rings. The molecule has 6 heteroatoms. The Morgan fingerprint density at radius 2 is 1.86 bits per heavy atom. The number of carbonyl (C=O) groups is 2. The second kappa shape index (κ2) is 8.61. The van der Waals surface area contributed by atoms with Gasteiger partial charge in [0.2, 0.25) is 0 Å². The van der Waals surface area contributed by atoms with Gasteiger partial charge >= 0.3 is 0 Å². The van der Waals surface area contributed by atoms with Gasteiger partial charge in [0, 0.05) is 23.3 Å². The minimum Gasteiger partial charge on any atom is -0.459 e. The van der Waals surface area contributed by atoms with Crippen molar-refractivity contribution in [3.05, 3.63) is 53.5 Å². The number of furan rings is 1. The monoisotopic (exact) mass is 383 g/mol. The quantitative estimate of drug-likeness (QED) is 0.795. The molecule has 2 heterocycles. The summed E-state index contributed by atoms with van der Waals surface area (Å²) in [5, 5.41) is 5.86. The molecular formula is C22H29N3O3. The Hall–Kier alpha value is -2.60. The Morgan fingerprint density at radius 3 is 2.54 bits per heavy atom. The Labute approximate surface area is 166 Å². The number of nitrogens with one attached hydrogen (secondary N) is 2. The van der Waals surface area contributed by atoms with Gasteiger partial charge in [0.25, 0.3) is 11.8 Å². The number of benzene rings is 1. The molecule has 0 radical (unpaired) electrons. The highest BCUT2D eigenvalue weighted by Crippen LogP contribution is 2.21. The first kappa shape index (κ1) is 20.1. The van der Waals surface area contributed by atoms with Crippen molar-refractivity contribution in [2.75, 3.05) is 25.0 Å². The zero-order valence-corrected chi connectivity index (χ0v) is 16.9. The molecule has 2 N–H and O–H groups in total. The Kier molecular flexibility index (Phi) is 6.19. The van der Waals surface area contributed by atoms with Crippen molar-refractivity contribution in [3.63, 3.8) is 0 Å². The van der Waals surface area contributed by atoms with Crippen molar-refractivity contribution >= 4 is 17.5 Å². The molecule has 0 aliphatic carbocycles. The van der Waals surface area contributed by atoms with E-state index in [1.54, 1.807) is 24.3 Å². The van der Waals surface area contributed by atoms with Crippen LogP contribution in [-0.2, 0) is 0 Å². The fourth-order valence-electron chi connectivity index (χ4n) is 3.50. The van der Waals surface area contributed by atoms with Gasteiger partial charge in [-0.05, 0) is 76.5 Å². The number of carbonyl (C=O) groups excluding carboxylic acids is 2. The third-order valence-corrected chi connectivity index (χ3v) is 5.39. The molecule has 28 heavy (non-hydrogen) atoms. The standard InChI is InChI=1S/C22H29N3O3/c1-16-9-10-17(14-18(16)24-21(27)19-8-7-13-28-19)20(26)23-15-22(2,3)25-11-5-4-6-12-25/h7-10,13-14H,4-6,11-12,15H2,1-3H3,(H,23,26)(H,24,27). The lowest BCUT2D eigenvalue weighted by molar-refractivity contribution is 0.0797. The third-order valence-electron chi connectivity index (χ3n) is 5.39. The number of aryl methyl sites for hydroxylation is 1. The van der Waals surface area contributed by atoms with E-state index < -0.39 is 0 Å². The molecule has 1 aromatic heterocycles. The maximum absolute atomic E-state index is 12.7. The lowest BCUT2D eigenvalue weighted by Crippen LogP contribution is -2.53. The summed E-state index contributed by atoms with van der Waals surface area (Å²) >= 11 is 0. The van der Waals surface area contributed by atoms with Crippen LogP contribution in [0.2, 0.25) is 0 Å². The number of hydrogen-bond acceptors (Lipinski definition) is 4. The minimum absolute atomic E-state index is 0.0862. The molecule has 1 aliphatic heterocycles. The van der Waals surface area contributed by atoms with Crippen molar-refractivity contribution in [1.29, 1.82) is 0 Å². The number of nitrogens with zero attached hydrogens (tertiary/aromatic N) is 1. The van der Waals surface area contributed by atoms with Crippen LogP contribution in [0.5, 0.6) is 0 Å². The van der Waals surface area contributed by atoms with Crippen molar-refractivity contribution < 1.29 is 14.0 Å². The zero-order valence-electron chi connectivity index (χ0n) is 16.9. The number of likely N-dealkylation sites (tertiary alicyclic amines) is 1. The summed E-state index contributed by atoms with van der Waals surface area (Å²) in [5.74, 6) is -0.243. The number of hydrogen-bond donors (Lipinski definition) is 2. The van der Waals surface area contributed by atoms with E-state index in [4.69, 9.17) is 4.42 Å². The lowest BCUT2D eigenvalue weighted by Gasteiger charge is -2.41. The Balaban J connectivity index is 1.64. The van der Waals surface area contributed by atoms with Gasteiger partial charge in [-0.3, -0.25) is 14.5 Å². The maximum Gasteiger partial charge on any atom is 0.291 e. The van der Waals surface area contributed by atoms with Crippen LogP contribution in [0.1, 0.15) is 59.6 Å². The molecule has 2 amide bonds. The van der Waals surface area contributed by atoms with E-state index >= 15 is 0 Å². The molecule has 0 bridgehead atoms. The van der Waals surface area contributed by atoms with Gasteiger partial charge in [-0.25, -0.2) is 0 Å². The molecule has 1 fully saturated rings. The molecule has 150 valence electrons. The zero-order chi connectivity index (χ0) is 20.1. The number of piperidine rings is 1. The highest BCUT2D eigenvalue weighted by Gasteiger charge is 2.28. The first-order valence-corrected chi connectivity index (χ1v) is 9.85. The molecule has 0 unspecified atom stereocenters. The topological polar surface area (TPSA) is 74.6 Å². The Morgan fingerprint density at radius 1 is 1.11 bits per heavy atom. The van der Waals surface area contributed by atoms with Crippen LogP contribution in [0, 0.1) is 6.92 Å². The predicted molar refractivity (Wildman–Crippen MR) is 110 cm³/mol. The van der Waals surface area contributed by atoms with Crippen molar-refractivity contribution in [2.45, 2.75) is 45.6 Å². The summed E-state index contributed by atoms with van der Waals surface area (Å²) in [7, 11) is 0.